The molecule has 4 rings (SSSR count). The molecule has 0 atom stereocenters. The number of fused-ring (bicyclic) bond motifs is 1. The quantitative estimate of drug-likeness (QED) is 0.833. The number of piperidine rings is 1. The Morgan fingerprint density at radius 3 is 2.78 bits per heavy atom. The van der Waals surface area contributed by atoms with Crippen molar-refractivity contribution in [3.8, 4) is 6.07 Å². The summed E-state index contributed by atoms with van der Waals surface area (Å²) < 4.78 is 0. The van der Waals surface area contributed by atoms with Crippen molar-refractivity contribution in [3.05, 3.63) is 34.4 Å². The van der Waals surface area contributed by atoms with Crippen LogP contribution in [0, 0.1) is 16.7 Å². The van der Waals surface area contributed by atoms with Crippen molar-refractivity contribution in [1.82, 2.24) is 9.97 Å². The predicted octanol–water partition coefficient (Wildman–Crippen LogP) is 1.54. The van der Waals surface area contributed by atoms with Crippen molar-refractivity contribution in [2.24, 2.45) is 5.41 Å². The third kappa shape index (κ3) is 2.20. The number of rotatable bonds is 1. The summed E-state index contributed by atoms with van der Waals surface area (Å²) in [5.41, 5.74) is 1.46. The fraction of sp³-hybridized carbons (Fsp3) is 0.471. The Balaban J connectivity index is 1.74. The molecule has 0 aromatic carbocycles. The Kier molecular flexibility index (Phi) is 3.13. The number of nitrogens with one attached hydrogen (secondary N) is 1. The molecular weight excluding hydrogens is 292 g/mol. The van der Waals surface area contributed by atoms with Crippen molar-refractivity contribution in [3.63, 3.8) is 0 Å². The molecule has 118 valence electrons. The molecular formula is C17H18N4O2. The van der Waals surface area contributed by atoms with Crippen LogP contribution in [0.3, 0.4) is 0 Å². The number of hydrogen-bond acceptors (Lipinski definition) is 5. The van der Waals surface area contributed by atoms with Gasteiger partial charge in [0.15, 0.2) is 0 Å². The SMILES string of the molecule is N#Cc1c(N2CCC3(CC2)CC(O)C3)c2ccncc2[nH]c1=O. The molecule has 2 aromatic rings. The van der Waals surface area contributed by atoms with Crippen molar-refractivity contribution < 1.29 is 5.11 Å². The van der Waals surface area contributed by atoms with Gasteiger partial charge in [-0.15, -0.1) is 0 Å². The molecule has 2 fully saturated rings. The molecule has 23 heavy (non-hydrogen) atoms. The Labute approximate surface area is 133 Å². The average molecular weight is 310 g/mol. The summed E-state index contributed by atoms with van der Waals surface area (Å²) in [6.07, 6.45) is 6.90. The van der Waals surface area contributed by atoms with Gasteiger partial charge in [0.1, 0.15) is 11.6 Å². The molecule has 1 aliphatic heterocycles. The fourth-order valence-corrected chi connectivity index (χ4v) is 4.11. The molecule has 0 bridgehead atoms. The molecule has 0 radical (unpaired) electrons. The maximum absolute atomic E-state index is 12.2. The van der Waals surface area contributed by atoms with Gasteiger partial charge in [-0.05, 0) is 37.2 Å². The fourth-order valence-electron chi connectivity index (χ4n) is 4.11. The van der Waals surface area contributed by atoms with Gasteiger partial charge in [0, 0.05) is 24.7 Å². The van der Waals surface area contributed by atoms with E-state index in [1.54, 1.807) is 12.4 Å². The van der Waals surface area contributed by atoms with Gasteiger partial charge in [-0.25, -0.2) is 0 Å². The summed E-state index contributed by atoms with van der Waals surface area (Å²) in [6.45, 7) is 1.62. The minimum absolute atomic E-state index is 0.150. The third-order valence-corrected chi connectivity index (χ3v) is 5.38. The Morgan fingerprint density at radius 2 is 2.13 bits per heavy atom. The van der Waals surface area contributed by atoms with Crippen LogP contribution in [0.4, 0.5) is 5.69 Å². The Bertz CT molecular complexity index is 851. The molecule has 3 heterocycles. The van der Waals surface area contributed by atoms with Crippen molar-refractivity contribution in [1.29, 1.82) is 5.26 Å². The van der Waals surface area contributed by atoms with Crippen LogP contribution >= 0.6 is 0 Å². The van der Waals surface area contributed by atoms with Crippen LogP contribution in [0.1, 0.15) is 31.2 Å². The number of hydrogen-bond donors (Lipinski definition) is 2. The highest BCUT2D eigenvalue weighted by Gasteiger charge is 2.45. The number of H-pyrrole nitrogens is 1. The van der Waals surface area contributed by atoms with E-state index in [0.29, 0.717) is 5.52 Å². The highest BCUT2D eigenvalue weighted by molar-refractivity contribution is 5.93. The normalized spacial score (nSPS) is 20.4. The van der Waals surface area contributed by atoms with Crippen LogP contribution in [0.5, 0.6) is 0 Å². The number of aliphatic hydroxyl groups is 1. The van der Waals surface area contributed by atoms with E-state index in [1.165, 1.54) is 0 Å². The highest BCUT2D eigenvalue weighted by Crippen LogP contribution is 2.49. The lowest BCUT2D eigenvalue weighted by atomic mass is 9.61. The molecule has 1 spiro atoms. The summed E-state index contributed by atoms with van der Waals surface area (Å²) in [5, 5.41) is 19.9. The molecule has 6 nitrogen and oxygen atoms in total. The second-order valence-electron chi connectivity index (χ2n) is 6.76. The van der Waals surface area contributed by atoms with Gasteiger partial charge < -0.3 is 15.0 Å². The maximum atomic E-state index is 12.2. The topological polar surface area (TPSA) is 93.0 Å². The van der Waals surface area contributed by atoms with Crippen LogP contribution in [-0.4, -0.2) is 34.3 Å². The van der Waals surface area contributed by atoms with E-state index in [4.69, 9.17) is 0 Å². The van der Waals surface area contributed by atoms with Crippen LogP contribution in [-0.2, 0) is 0 Å². The summed E-state index contributed by atoms with van der Waals surface area (Å²) in [7, 11) is 0. The molecule has 6 heteroatoms. The number of aliphatic hydroxyl groups excluding tert-OH is 1. The maximum Gasteiger partial charge on any atom is 0.268 e. The number of anilines is 1. The van der Waals surface area contributed by atoms with Crippen LogP contribution in [0.25, 0.3) is 10.9 Å². The summed E-state index contributed by atoms with van der Waals surface area (Å²) in [6, 6.07) is 3.91. The van der Waals surface area contributed by atoms with E-state index in [1.807, 2.05) is 6.07 Å². The van der Waals surface area contributed by atoms with Gasteiger partial charge in [0.2, 0.25) is 0 Å². The van der Waals surface area contributed by atoms with Crippen molar-refractivity contribution in [2.45, 2.75) is 31.8 Å². The van der Waals surface area contributed by atoms with Crippen LogP contribution in [0.2, 0.25) is 0 Å². The number of aromatic nitrogens is 2. The zero-order valence-electron chi connectivity index (χ0n) is 12.7. The first-order valence-electron chi connectivity index (χ1n) is 7.95. The molecule has 0 amide bonds. The molecule has 1 saturated carbocycles. The first-order chi connectivity index (χ1) is 11.1. The Hall–Kier alpha value is -2.39. The summed E-state index contributed by atoms with van der Waals surface area (Å²) in [4.78, 5) is 21.1. The minimum atomic E-state index is -0.359. The summed E-state index contributed by atoms with van der Waals surface area (Å²) in [5.74, 6) is 0. The number of pyridine rings is 2. The zero-order chi connectivity index (χ0) is 16.0. The van der Waals surface area contributed by atoms with Crippen molar-refractivity contribution in [2.75, 3.05) is 18.0 Å². The van der Waals surface area contributed by atoms with E-state index in [9.17, 15) is 15.2 Å². The van der Waals surface area contributed by atoms with Gasteiger partial charge in [-0.3, -0.25) is 9.78 Å². The third-order valence-electron chi connectivity index (χ3n) is 5.38. The van der Waals surface area contributed by atoms with Gasteiger partial charge in [-0.1, -0.05) is 0 Å². The smallest absolute Gasteiger partial charge is 0.268 e. The number of nitrogens with zero attached hydrogens (tertiary/aromatic N) is 3. The lowest BCUT2D eigenvalue weighted by Crippen LogP contribution is -2.49. The monoisotopic (exact) mass is 310 g/mol. The first kappa shape index (κ1) is 14.2. The second kappa shape index (κ2) is 5.07. The van der Waals surface area contributed by atoms with Crippen molar-refractivity contribution >= 4 is 16.6 Å². The van der Waals surface area contributed by atoms with E-state index in [2.05, 4.69) is 20.9 Å². The molecule has 1 saturated heterocycles. The van der Waals surface area contributed by atoms with Gasteiger partial charge in [0.25, 0.3) is 5.56 Å². The van der Waals surface area contributed by atoms with Gasteiger partial charge in [0.05, 0.1) is 23.5 Å². The lowest BCUT2D eigenvalue weighted by molar-refractivity contribution is -0.0463. The largest absolute Gasteiger partial charge is 0.393 e. The highest BCUT2D eigenvalue weighted by atomic mass is 16.3. The standard InChI is InChI=1S/C17H18N4O2/c18-9-13-15(12-1-4-19-10-14(12)20-16(13)23)21-5-2-17(3-6-21)7-11(22)8-17/h1,4,10-11,22H,2-3,5-8H2,(H,20,23). The molecule has 2 aromatic heterocycles. The van der Waals surface area contributed by atoms with Gasteiger partial charge in [-0.2, -0.15) is 5.26 Å². The van der Waals surface area contributed by atoms with E-state index in [-0.39, 0.29) is 22.6 Å². The lowest BCUT2D eigenvalue weighted by Gasteiger charge is -2.51. The van der Waals surface area contributed by atoms with E-state index in [0.717, 1.165) is 49.8 Å². The minimum Gasteiger partial charge on any atom is -0.393 e. The zero-order valence-corrected chi connectivity index (χ0v) is 12.7. The number of aromatic amines is 1. The average Bonchev–Trinajstić information content (AvgIpc) is 2.53. The predicted molar refractivity (Wildman–Crippen MR) is 86.2 cm³/mol. The molecule has 0 unspecified atom stereocenters. The van der Waals surface area contributed by atoms with E-state index < -0.39 is 0 Å². The number of nitriles is 1. The molecule has 1 aliphatic carbocycles. The van der Waals surface area contributed by atoms with E-state index >= 15 is 0 Å². The van der Waals surface area contributed by atoms with Crippen LogP contribution in [0.15, 0.2) is 23.3 Å². The molecule has 2 aliphatic rings. The summed E-state index contributed by atoms with van der Waals surface area (Å²) >= 11 is 0. The Morgan fingerprint density at radius 1 is 1.39 bits per heavy atom. The van der Waals surface area contributed by atoms with Gasteiger partial charge >= 0.3 is 0 Å². The second-order valence-corrected chi connectivity index (χ2v) is 6.76. The first-order valence-corrected chi connectivity index (χ1v) is 7.95. The molecule has 2 N–H and O–H groups in total. The van der Waals surface area contributed by atoms with Crippen LogP contribution < -0.4 is 10.5 Å².